The molecule has 0 unspecified atom stereocenters. The van der Waals surface area contributed by atoms with Gasteiger partial charge >= 0.3 is 6.09 Å². The van der Waals surface area contributed by atoms with Gasteiger partial charge in [-0.3, -0.25) is 24.4 Å². The molecular weight excluding hydrogens is 763 g/mol. The number of aromatic nitrogens is 1. The maximum atomic E-state index is 14.7. The minimum absolute atomic E-state index is 0.0118. The number of amides is 4. The molecule has 0 radical (unpaired) electrons. The van der Waals surface area contributed by atoms with Crippen LogP contribution in [0.3, 0.4) is 0 Å². The highest BCUT2D eigenvalue weighted by atomic mass is 32.2. The molecule has 0 bridgehead atoms. The maximum absolute atomic E-state index is 14.7. The number of para-hydroxylation sites is 1. The molecule has 2 heterocycles. The molecule has 1 saturated heterocycles. The van der Waals surface area contributed by atoms with E-state index in [-0.39, 0.29) is 19.4 Å². The quantitative estimate of drug-likeness (QED) is 0.144. The van der Waals surface area contributed by atoms with Crippen molar-refractivity contribution >= 4 is 50.4 Å². The molecular formula is C43H47N5O9S. The lowest BCUT2D eigenvalue weighted by Gasteiger charge is -2.34. The fourth-order valence-electron chi connectivity index (χ4n) is 7.26. The summed E-state index contributed by atoms with van der Waals surface area (Å²) in [5.74, 6) is -1.71. The van der Waals surface area contributed by atoms with Gasteiger partial charge in [-0.05, 0) is 43.5 Å². The first kappa shape index (κ1) is 40.2. The number of carbonyl (C=O) groups is 4. The number of hydrogen-bond donors (Lipinski definition) is 3. The first-order valence-electron chi connectivity index (χ1n) is 19.2. The molecule has 14 nitrogen and oxygen atoms in total. The Hall–Kier alpha value is -5.96. The summed E-state index contributed by atoms with van der Waals surface area (Å²) in [4.78, 5) is 62.2. The third-order valence-corrected chi connectivity index (χ3v) is 12.5. The van der Waals surface area contributed by atoms with Gasteiger partial charge in [0.25, 0.3) is 11.8 Å². The number of nitrogens with zero attached hydrogens (tertiary/aromatic N) is 2. The van der Waals surface area contributed by atoms with Crippen molar-refractivity contribution in [3.8, 4) is 22.8 Å². The van der Waals surface area contributed by atoms with E-state index in [0.29, 0.717) is 46.6 Å². The van der Waals surface area contributed by atoms with Gasteiger partial charge in [-0.2, -0.15) is 0 Å². The highest BCUT2D eigenvalue weighted by molar-refractivity contribution is 7.91. The van der Waals surface area contributed by atoms with Crippen molar-refractivity contribution in [2.45, 2.75) is 75.5 Å². The van der Waals surface area contributed by atoms with E-state index in [1.165, 1.54) is 11.0 Å². The molecule has 5 atom stereocenters. The van der Waals surface area contributed by atoms with Gasteiger partial charge in [0, 0.05) is 46.5 Å². The lowest BCUT2D eigenvalue weighted by Crippen LogP contribution is -2.58. The highest BCUT2D eigenvalue weighted by Gasteiger charge is 2.62. The summed E-state index contributed by atoms with van der Waals surface area (Å²) < 4.78 is 45.7. The number of sulfonamides is 1. The molecule has 1 aliphatic heterocycles. The number of methoxy groups -OCH3 is 1. The third kappa shape index (κ3) is 8.49. The lowest BCUT2D eigenvalue weighted by molar-refractivity contribution is -0.150. The first-order valence-corrected chi connectivity index (χ1v) is 20.7. The maximum Gasteiger partial charge on any atom is 0.412 e. The summed E-state index contributed by atoms with van der Waals surface area (Å²) in [5.41, 5.74) is 0.00329. The normalized spacial score (nSPS) is 22.0. The molecule has 304 valence electrons. The Bertz CT molecular complexity index is 2350. The number of anilines is 1. The van der Waals surface area contributed by atoms with E-state index in [1.54, 1.807) is 76.4 Å². The molecule has 3 fully saturated rings. The van der Waals surface area contributed by atoms with E-state index in [9.17, 15) is 27.6 Å². The van der Waals surface area contributed by atoms with Crippen LogP contribution in [-0.4, -0.2) is 84.8 Å². The Balaban J connectivity index is 1.21. The molecule has 15 heteroatoms. The molecule has 7 rings (SSSR count). The molecule has 2 aliphatic carbocycles. The zero-order valence-corrected chi connectivity index (χ0v) is 33.6. The molecule has 1 aromatic heterocycles. The second kappa shape index (κ2) is 15.8. The predicted octanol–water partition coefficient (Wildman–Crippen LogP) is 5.59. The van der Waals surface area contributed by atoms with Crippen LogP contribution in [0.4, 0.5) is 10.5 Å². The number of benzene rings is 3. The Morgan fingerprint density at radius 3 is 2.29 bits per heavy atom. The lowest BCUT2D eigenvalue weighted by atomic mass is 9.88. The molecule has 0 spiro atoms. The van der Waals surface area contributed by atoms with E-state index in [2.05, 4.69) is 21.9 Å². The van der Waals surface area contributed by atoms with Gasteiger partial charge in [-0.1, -0.05) is 75.4 Å². The predicted molar refractivity (Wildman–Crippen MR) is 217 cm³/mol. The van der Waals surface area contributed by atoms with Crippen LogP contribution < -0.4 is 24.8 Å². The molecule has 58 heavy (non-hydrogen) atoms. The zero-order valence-electron chi connectivity index (χ0n) is 32.8. The van der Waals surface area contributed by atoms with Gasteiger partial charge in [0.1, 0.15) is 29.2 Å². The van der Waals surface area contributed by atoms with Gasteiger partial charge < -0.3 is 24.4 Å². The highest BCUT2D eigenvalue weighted by Crippen LogP contribution is 2.46. The summed E-state index contributed by atoms with van der Waals surface area (Å²) in [6.07, 6.45) is -0.480. The first-order chi connectivity index (χ1) is 27.6. The Morgan fingerprint density at radius 2 is 1.67 bits per heavy atom. The number of carbonyl (C=O) groups excluding carboxylic acids is 4. The van der Waals surface area contributed by atoms with Crippen LogP contribution in [0.15, 0.2) is 97.6 Å². The Kier molecular flexibility index (Phi) is 10.9. The average molecular weight is 810 g/mol. The van der Waals surface area contributed by atoms with Crippen LogP contribution >= 0.6 is 0 Å². The van der Waals surface area contributed by atoms with Crippen LogP contribution in [0, 0.1) is 11.3 Å². The monoisotopic (exact) mass is 809 g/mol. The number of pyridine rings is 1. The Labute approximate surface area is 337 Å². The third-order valence-electron chi connectivity index (χ3n) is 10.7. The molecule has 2 saturated carbocycles. The van der Waals surface area contributed by atoms with Crippen molar-refractivity contribution in [3.63, 3.8) is 0 Å². The fourth-order valence-corrected chi connectivity index (χ4v) is 8.62. The molecule has 4 amide bonds. The van der Waals surface area contributed by atoms with Gasteiger partial charge in [-0.25, -0.2) is 18.2 Å². The largest absolute Gasteiger partial charge is 0.497 e. The van der Waals surface area contributed by atoms with Crippen molar-refractivity contribution in [2.75, 3.05) is 19.0 Å². The van der Waals surface area contributed by atoms with Crippen LogP contribution in [-0.2, 0) is 29.1 Å². The van der Waals surface area contributed by atoms with E-state index in [1.807, 2.05) is 36.4 Å². The molecule has 3 aromatic carbocycles. The van der Waals surface area contributed by atoms with Gasteiger partial charge in [-0.15, -0.1) is 6.58 Å². The number of likely N-dealkylation sites (tertiary alicyclic amines) is 1. The van der Waals surface area contributed by atoms with E-state index < -0.39 is 74.2 Å². The molecule has 3 N–H and O–H groups in total. The minimum atomic E-state index is -3.93. The van der Waals surface area contributed by atoms with E-state index in [0.717, 1.165) is 5.56 Å². The van der Waals surface area contributed by atoms with Crippen LogP contribution in [0.1, 0.15) is 46.5 Å². The average Bonchev–Trinajstić information content (AvgIpc) is 4.13. The van der Waals surface area contributed by atoms with Gasteiger partial charge in [0.05, 0.1) is 30.1 Å². The summed E-state index contributed by atoms with van der Waals surface area (Å²) in [7, 11) is -2.37. The van der Waals surface area contributed by atoms with Crippen molar-refractivity contribution in [1.82, 2.24) is 19.9 Å². The second-order valence-electron chi connectivity index (χ2n) is 16.1. The van der Waals surface area contributed by atoms with E-state index >= 15 is 0 Å². The summed E-state index contributed by atoms with van der Waals surface area (Å²) in [5, 5.41) is 5.46. The van der Waals surface area contributed by atoms with Crippen LogP contribution in [0.25, 0.3) is 22.2 Å². The topological polar surface area (TPSA) is 182 Å². The molecule has 3 aliphatic rings. The van der Waals surface area contributed by atoms with Crippen molar-refractivity contribution in [1.29, 1.82) is 0 Å². The summed E-state index contributed by atoms with van der Waals surface area (Å²) in [6, 6.07) is 24.2. The van der Waals surface area contributed by atoms with Gasteiger partial charge in [0.2, 0.25) is 15.9 Å². The smallest absolute Gasteiger partial charge is 0.412 e. The zero-order chi connectivity index (χ0) is 41.4. The standard InChI is InChI=1S/C43H47N5O9S/c1-6-27-24-43(27,40(51)47-58(53,54)31-18-19-31)46-38(49)35-22-30(25-48(35)39(50)37(42(2,3)4)57-41(52)44-28-15-11-8-12-16-28)56-36-23-33(26-13-9-7-10-14-26)45-34-21-29(55-5)17-20-32(34)36/h6-17,20-21,23,27,30-31,35,37H,1,18-19,22,24-25H2,2-5H3,(H,44,52)(H,46,49)(H,47,51)/t27-,30-,35+,37-,43-/m1/s1. The van der Waals surface area contributed by atoms with E-state index in [4.69, 9.17) is 19.2 Å². The van der Waals surface area contributed by atoms with Crippen LogP contribution in [0.2, 0.25) is 0 Å². The Morgan fingerprint density at radius 1 is 0.983 bits per heavy atom. The summed E-state index contributed by atoms with van der Waals surface area (Å²) in [6.45, 7) is 8.93. The van der Waals surface area contributed by atoms with Crippen LogP contribution in [0.5, 0.6) is 11.5 Å². The number of fused-ring (bicyclic) bond motifs is 1. The van der Waals surface area contributed by atoms with Gasteiger partial charge in [0.15, 0.2) is 6.10 Å². The second-order valence-corrected chi connectivity index (χ2v) is 18.0. The van der Waals surface area contributed by atoms with Crippen molar-refractivity contribution in [3.05, 3.63) is 97.6 Å². The molecule has 4 aromatic rings. The fraction of sp³-hybridized carbons (Fsp3) is 0.372. The SMILES string of the molecule is C=C[C@@H]1C[C@]1(NC(=O)[C@@H]1C[C@@H](Oc2cc(-c3ccccc3)nc3cc(OC)ccc23)CN1C(=O)[C@@H](OC(=O)Nc1ccccc1)C(C)(C)C)C(=O)NS(=O)(=O)C1CC1. The number of hydrogen-bond acceptors (Lipinski definition) is 10. The number of ether oxygens (including phenoxy) is 3. The van der Waals surface area contributed by atoms with Crippen molar-refractivity contribution in [2.24, 2.45) is 11.3 Å². The summed E-state index contributed by atoms with van der Waals surface area (Å²) >= 11 is 0. The number of rotatable bonds is 13. The minimum Gasteiger partial charge on any atom is -0.497 e. The van der Waals surface area contributed by atoms with Crippen molar-refractivity contribution < 1.29 is 41.8 Å². The number of nitrogens with one attached hydrogen (secondary N) is 3.